The molecule has 1 aromatic heterocycles. The van der Waals surface area contributed by atoms with E-state index in [4.69, 9.17) is 0 Å². The largest absolute Gasteiger partial charge is 0.591 e. The van der Waals surface area contributed by atoms with Gasteiger partial charge in [0, 0.05) is 9.85 Å². The molecule has 0 amide bonds. The summed E-state index contributed by atoms with van der Waals surface area (Å²) in [6.45, 7) is 7.65. The number of hydrogen-bond donors (Lipinski definition) is 0. The molecule has 0 aliphatic rings. The molecule has 0 fully saturated rings. The van der Waals surface area contributed by atoms with Crippen LogP contribution in [0, 0.1) is 0 Å². The molecule has 0 saturated carbocycles. The molecular formula is C10H14BrNOS2. The molecule has 1 heterocycles. The van der Waals surface area contributed by atoms with Crippen LogP contribution in [-0.4, -0.2) is 15.0 Å². The lowest BCUT2D eigenvalue weighted by Gasteiger charge is -2.18. The maximum absolute atomic E-state index is 11.8. The molecule has 0 bridgehead atoms. The molecule has 0 saturated heterocycles. The zero-order valence-electron chi connectivity index (χ0n) is 9.20. The van der Waals surface area contributed by atoms with E-state index in [0.717, 1.165) is 15.1 Å². The summed E-state index contributed by atoms with van der Waals surface area (Å²) in [5.41, 5.74) is 0.832. The molecule has 5 heteroatoms. The highest BCUT2D eigenvalue weighted by molar-refractivity contribution is 9.10. The van der Waals surface area contributed by atoms with E-state index in [1.807, 2.05) is 39.1 Å². The van der Waals surface area contributed by atoms with Crippen LogP contribution in [0.15, 0.2) is 20.3 Å². The van der Waals surface area contributed by atoms with Gasteiger partial charge in [0.05, 0.1) is 4.88 Å². The molecule has 0 aromatic carbocycles. The summed E-state index contributed by atoms with van der Waals surface area (Å²) < 4.78 is 16.7. The van der Waals surface area contributed by atoms with Gasteiger partial charge in [-0.3, -0.25) is 0 Å². The molecule has 0 N–H and O–H groups in total. The molecular weight excluding hydrogens is 294 g/mol. The van der Waals surface area contributed by atoms with Crippen molar-refractivity contribution < 1.29 is 4.55 Å². The summed E-state index contributed by atoms with van der Waals surface area (Å²) in [4.78, 5) is 1.06. The van der Waals surface area contributed by atoms with Gasteiger partial charge >= 0.3 is 0 Å². The van der Waals surface area contributed by atoms with E-state index in [1.165, 1.54) is 0 Å². The summed E-state index contributed by atoms with van der Waals surface area (Å²) in [7, 11) is 0. The Labute approximate surface area is 106 Å². The van der Waals surface area contributed by atoms with E-state index in [1.54, 1.807) is 11.3 Å². The van der Waals surface area contributed by atoms with Crippen LogP contribution >= 0.6 is 27.3 Å². The Hall–Kier alpha value is 0.160. The second kappa shape index (κ2) is 4.99. The van der Waals surface area contributed by atoms with Gasteiger partial charge in [0.25, 0.3) is 0 Å². The summed E-state index contributed by atoms with van der Waals surface area (Å²) in [5, 5.41) is 1.99. The van der Waals surface area contributed by atoms with Crippen molar-refractivity contribution in [1.82, 2.24) is 0 Å². The van der Waals surface area contributed by atoms with Crippen molar-refractivity contribution in [2.75, 3.05) is 0 Å². The van der Waals surface area contributed by atoms with Crippen molar-refractivity contribution >= 4 is 44.3 Å². The van der Waals surface area contributed by atoms with Crippen LogP contribution in [0.3, 0.4) is 0 Å². The third kappa shape index (κ3) is 3.90. The Morgan fingerprint density at radius 2 is 2.13 bits per heavy atom. The smallest absolute Gasteiger partial charge is 0.144 e. The summed E-state index contributed by atoms with van der Waals surface area (Å²) in [5.74, 6) is 0. The van der Waals surface area contributed by atoms with E-state index in [-0.39, 0.29) is 4.75 Å². The standard InChI is InChI=1S/C10H14BrNOS2/c1-7(9-5-8(11)6-14-9)12-15(13)10(2,3)4/h5-6H,1-4H3/b12-7+/t15-/m0/s1. The first-order valence-electron chi connectivity index (χ1n) is 4.52. The Bertz CT molecular complexity index is 368. The molecule has 1 aromatic rings. The van der Waals surface area contributed by atoms with Gasteiger partial charge in [0.1, 0.15) is 21.8 Å². The van der Waals surface area contributed by atoms with Crippen LogP contribution in [0.25, 0.3) is 0 Å². The normalized spacial score (nSPS) is 15.5. The average molecular weight is 308 g/mol. The van der Waals surface area contributed by atoms with Crippen molar-refractivity contribution in [2.24, 2.45) is 4.40 Å². The van der Waals surface area contributed by atoms with Crippen molar-refractivity contribution in [3.05, 3.63) is 20.8 Å². The molecule has 0 unspecified atom stereocenters. The minimum absolute atomic E-state index is 0.296. The van der Waals surface area contributed by atoms with E-state index >= 15 is 0 Å². The molecule has 0 spiro atoms. The first-order valence-corrected chi connectivity index (χ1v) is 7.30. The molecule has 84 valence electrons. The van der Waals surface area contributed by atoms with Crippen LogP contribution in [0.4, 0.5) is 0 Å². The number of rotatable bonds is 2. The summed E-state index contributed by atoms with van der Waals surface area (Å²) in [6.07, 6.45) is 0. The molecule has 0 aliphatic heterocycles. The van der Waals surface area contributed by atoms with Gasteiger partial charge in [-0.1, -0.05) is 4.40 Å². The summed E-state index contributed by atoms with van der Waals surface area (Å²) >= 11 is 3.80. The maximum Gasteiger partial charge on any atom is 0.144 e. The van der Waals surface area contributed by atoms with Crippen LogP contribution in [-0.2, 0) is 11.4 Å². The number of thiophene rings is 1. The third-order valence-corrected chi connectivity index (χ3v) is 4.96. The van der Waals surface area contributed by atoms with Gasteiger partial charge in [-0.05, 0) is 49.7 Å². The predicted octanol–water partition coefficient (Wildman–Crippen LogP) is 3.78. The van der Waals surface area contributed by atoms with Crippen LogP contribution < -0.4 is 0 Å². The fraction of sp³-hybridized carbons (Fsp3) is 0.500. The molecule has 1 atom stereocenters. The third-order valence-electron chi connectivity index (χ3n) is 1.67. The Morgan fingerprint density at radius 1 is 1.53 bits per heavy atom. The molecule has 1 rings (SSSR count). The lowest BCUT2D eigenvalue weighted by molar-refractivity contribution is 0.561. The topological polar surface area (TPSA) is 35.4 Å². The molecule has 0 aliphatic carbocycles. The zero-order valence-corrected chi connectivity index (χ0v) is 12.4. The number of hydrogen-bond acceptors (Lipinski definition) is 3. The van der Waals surface area contributed by atoms with Gasteiger partial charge in [-0.25, -0.2) is 0 Å². The quantitative estimate of drug-likeness (QED) is 0.605. The van der Waals surface area contributed by atoms with Gasteiger partial charge in [-0.15, -0.1) is 11.3 Å². The number of nitrogens with zero attached hydrogens (tertiary/aromatic N) is 1. The highest BCUT2D eigenvalue weighted by atomic mass is 79.9. The van der Waals surface area contributed by atoms with Gasteiger partial charge < -0.3 is 4.55 Å². The first-order chi connectivity index (χ1) is 6.80. The second-order valence-electron chi connectivity index (χ2n) is 4.17. The van der Waals surface area contributed by atoms with E-state index in [9.17, 15) is 4.55 Å². The van der Waals surface area contributed by atoms with Crippen molar-refractivity contribution in [2.45, 2.75) is 32.4 Å². The van der Waals surface area contributed by atoms with E-state index in [2.05, 4.69) is 20.3 Å². The highest BCUT2D eigenvalue weighted by Crippen LogP contribution is 2.23. The monoisotopic (exact) mass is 307 g/mol. The molecule has 0 radical (unpaired) electrons. The number of halogens is 1. The zero-order chi connectivity index (χ0) is 11.6. The lowest BCUT2D eigenvalue weighted by Crippen LogP contribution is -2.26. The Kier molecular flexibility index (Phi) is 4.40. The van der Waals surface area contributed by atoms with E-state index in [0.29, 0.717) is 0 Å². The van der Waals surface area contributed by atoms with Gasteiger partial charge in [0.15, 0.2) is 0 Å². The fourth-order valence-electron chi connectivity index (χ4n) is 0.809. The van der Waals surface area contributed by atoms with Crippen molar-refractivity contribution in [3.63, 3.8) is 0 Å². The Morgan fingerprint density at radius 3 is 2.53 bits per heavy atom. The second-order valence-corrected chi connectivity index (χ2v) is 7.90. The minimum atomic E-state index is -1.18. The fourth-order valence-corrected chi connectivity index (χ4v) is 2.87. The van der Waals surface area contributed by atoms with Gasteiger partial charge in [0.2, 0.25) is 0 Å². The minimum Gasteiger partial charge on any atom is -0.591 e. The maximum atomic E-state index is 11.8. The van der Waals surface area contributed by atoms with Crippen LogP contribution in [0.2, 0.25) is 0 Å². The van der Waals surface area contributed by atoms with Crippen LogP contribution in [0.5, 0.6) is 0 Å². The van der Waals surface area contributed by atoms with E-state index < -0.39 is 11.4 Å². The summed E-state index contributed by atoms with van der Waals surface area (Å²) in [6, 6.07) is 1.99. The average Bonchev–Trinajstić information content (AvgIpc) is 2.50. The van der Waals surface area contributed by atoms with Crippen LogP contribution in [0.1, 0.15) is 32.6 Å². The first kappa shape index (κ1) is 13.2. The highest BCUT2D eigenvalue weighted by Gasteiger charge is 2.26. The Balaban J connectivity index is 2.85. The van der Waals surface area contributed by atoms with Crippen molar-refractivity contribution in [3.8, 4) is 0 Å². The van der Waals surface area contributed by atoms with Gasteiger partial charge in [-0.2, -0.15) is 0 Å². The molecule has 15 heavy (non-hydrogen) atoms. The predicted molar refractivity (Wildman–Crippen MR) is 72.1 cm³/mol. The SMILES string of the molecule is C/C(=N\[S@@+]([O-])C(C)(C)C)c1cc(Br)cs1. The molecule has 2 nitrogen and oxygen atoms in total. The lowest BCUT2D eigenvalue weighted by atomic mass is 10.3. The van der Waals surface area contributed by atoms with Crippen molar-refractivity contribution in [1.29, 1.82) is 0 Å².